The molecule has 1 amide bonds. The number of rotatable bonds is 2. The van der Waals surface area contributed by atoms with Crippen molar-refractivity contribution in [3.8, 4) is 0 Å². The molecule has 3 rings (SSSR count). The minimum atomic E-state index is -0.240. The lowest BCUT2D eigenvalue weighted by Gasteiger charge is -2.20. The molecule has 18 heavy (non-hydrogen) atoms. The van der Waals surface area contributed by atoms with E-state index in [9.17, 15) is 4.79 Å². The summed E-state index contributed by atoms with van der Waals surface area (Å²) in [4.78, 5) is 11.9. The zero-order chi connectivity index (χ0) is 12.4. The number of benzene rings is 1. The first-order chi connectivity index (χ1) is 8.84. The van der Waals surface area contributed by atoms with E-state index in [1.165, 1.54) is 17.4 Å². The molecule has 92 valence electrons. The van der Waals surface area contributed by atoms with E-state index in [1.807, 2.05) is 12.1 Å². The molecule has 5 nitrogen and oxygen atoms in total. The molecule has 1 aromatic heterocycles. The van der Waals surface area contributed by atoms with Gasteiger partial charge in [0.25, 0.3) is 5.91 Å². The summed E-state index contributed by atoms with van der Waals surface area (Å²) in [6.45, 7) is 1.78. The van der Waals surface area contributed by atoms with E-state index in [-0.39, 0.29) is 5.91 Å². The van der Waals surface area contributed by atoms with Crippen molar-refractivity contribution in [1.82, 2.24) is 10.5 Å². The standard InChI is InChI=1S/C13H13N3O2/c17-13(12-5-7-18-16-12)15-11-3-1-2-9-8-14-6-4-10(9)11/h1-3,5,7,14H,4,6,8H2,(H,15,17). The van der Waals surface area contributed by atoms with Crippen LogP contribution >= 0.6 is 0 Å². The van der Waals surface area contributed by atoms with Gasteiger partial charge in [0.15, 0.2) is 5.69 Å². The van der Waals surface area contributed by atoms with Gasteiger partial charge in [-0.05, 0) is 30.2 Å². The molecule has 1 aliphatic heterocycles. The van der Waals surface area contributed by atoms with Gasteiger partial charge < -0.3 is 15.2 Å². The number of hydrogen-bond donors (Lipinski definition) is 2. The van der Waals surface area contributed by atoms with Crippen molar-refractivity contribution in [1.29, 1.82) is 0 Å². The van der Waals surface area contributed by atoms with E-state index < -0.39 is 0 Å². The van der Waals surface area contributed by atoms with Gasteiger partial charge in [0, 0.05) is 18.3 Å². The van der Waals surface area contributed by atoms with Crippen molar-refractivity contribution in [3.63, 3.8) is 0 Å². The second kappa shape index (κ2) is 4.62. The van der Waals surface area contributed by atoms with Gasteiger partial charge in [-0.1, -0.05) is 17.3 Å². The number of fused-ring (bicyclic) bond motifs is 1. The Morgan fingerprint density at radius 2 is 2.33 bits per heavy atom. The van der Waals surface area contributed by atoms with Crippen molar-refractivity contribution in [2.24, 2.45) is 0 Å². The summed E-state index contributed by atoms with van der Waals surface area (Å²) in [6.07, 6.45) is 2.31. The van der Waals surface area contributed by atoms with Crippen molar-refractivity contribution in [3.05, 3.63) is 47.3 Å². The summed E-state index contributed by atoms with van der Waals surface area (Å²) in [5.41, 5.74) is 3.59. The summed E-state index contributed by atoms with van der Waals surface area (Å²) < 4.78 is 4.67. The largest absolute Gasteiger partial charge is 0.364 e. The number of carbonyl (C=O) groups excluding carboxylic acids is 1. The number of hydrogen-bond acceptors (Lipinski definition) is 4. The first kappa shape index (κ1) is 11.0. The number of nitrogens with zero attached hydrogens (tertiary/aromatic N) is 1. The molecule has 2 N–H and O–H groups in total. The zero-order valence-corrected chi connectivity index (χ0v) is 9.77. The zero-order valence-electron chi connectivity index (χ0n) is 9.77. The second-order valence-electron chi connectivity index (χ2n) is 4.21. The Bertz CT molecular complexity index is 564. The number of amides is 1. The number of carbonyl (C=O) groups is 1. The topological polar surface area (TPSA) is 67.2 Å². The summed E-state index contributed by atoms with van der Waals surface area (Å²) >= 11 is 0. The van der Waals surface area contributed by atoms with Crippen molar-refractivity contribution >= 4 is 11.6 Å². The molecule has 0 radical (unpaired) electrons. The number of aromatic nitrogens is 1. The SMILES string of the molecule is O=C(Nc1cccc2c1CCNC2)c1ccon1. The van der Waals surface area contributed by atoms with Crippen molar-refractivity contribution in [2.45, 2.75) is 13.0 Å². The molecular formula is C13H13N3O2. The number of nitrogens with one attached hydrogen (secondary N) is 2. The summed E-state index contributed by atoms with van der Waals surface area (Å²) in [5.74, 6) is -0.240. The van der Waals surface area contributed by atoms with Crippen LogP contribution in [0.3, 0.4) is 0 Å². The molecule has 0 saturated carbocycles. The maximum Gasteiger partial charge on any atom is 0.277 e. The molecule has 0 unspecified atom stereocenters. The normalized spacial score (nSPS) is 14.0. The summed E-state index contributed by atoms with van der Waals surface area (Å²) in [6, 6.07) is 7.49. The van der Waals surface area contributed by atoms with E-state index in [2.05, 4.69) is 26.4 Å². The van der Waals surface area contributed by atoms with Gasteiger partial charge in [-0.3, -0.25) is 4.79 Å². The lowest BCUT2D eigenvalue weighted by molar-refractivity contribution is 0.101. The predicted molar refractivity (Wildman–Crippen MR) is 66.3 cm³/mol. The van der Waals surface area contributed by atoms with Gasteiger partial charge >= 0.3 is 0 Å². The minimum Gasteiger partial charge on any atom is -0.364 e. The highest BCUT2D eigenvalue weighted by molar-refractivity contribution is 6.03. The second-order valence-corrected chi connectivity index (χ2v) is 4.21. The molecule has 2 aromatic rings. The summed E-state index contributed by atoms with van der Waals surface area (Å²) in [7, 11) is 0. The Morgan fingerprint density at radius 1 is 1.39 bits per heavy atom. The van der Waals surface area contributed by atoms with Gasteiger partial charge in [-0.25, -0.2) is 0 Å². The third-order valence-electron chi connectivity index (χ3n) is 3.06. The van der Waals surface area contributed by atoms with E-state index >= 15 is 0 Å². The van der Waals surface area contributed by atoms with Gasteiger partial charge in [0.1, 0.15) is 6.26 Å². The third kappa shape index (κ3) is 2.00. The molecule has 0 bridgehead atoms. The maximum absolute atomic E-state index is 11.9. The Balaban J connectivity index is 1.87. The predicted octanol–water partition coefficient (Wildman–Crippen LogP) is 1.57. The van der Waals surface area contributed by atoms with E-state index in [0.29, 0.717) is 5.69 Å². The molecule has 0 saturated heterocycles. The van der Waals surface area contributed by atoms with Crippen LogP contribution in [0.15, 0.2) is 35.1 Å². The Kier molecular flexibility index (Phi) is 2.82. The van der Waals surface area contributed by atoms with Crippen LogP contribution < -0.4 is 10.6 Å². The van der Waals surface area contributed by atoms with Crippen molar-refractivity contribution < 1.29 is 9.32 Å². The average molecular weight is 243 g/mol. The lowest BCUT2D eigenvalue weighted by Crippen LogP contribution is -2.25. The molecule has 1 aromatic carbocycles. The Hall–Kier alpha value is -2.14. The minimum absolute atomic E-state index is 0.240. The fraction of sp³-hybridized carbons (Fsp3) is 0.231. The average Bonchev–Trinajstić information content (AvgIpc) is 2.93. The van der Waals surface area contributed by atoms with Gasteiger partial charge in [0.2, 0.25) is 0 Å². The van der Waals surface area contributed by atoms with Crippen LogP contribution in [0.5, 0.6) is 0 Å². The van der Waals surface area contributed by atoms with E-state index in [4.69, 9.17) is 0 Å². The molecule has 0 spiro atoms. The fourth-order valence-electron chi connectivity index (χ4n) is 2.17. The van der Waals surface area contributed by atoms with E-state index in [0.717, 1.165) is 25.2 Å². The quantitative estimate of drug-likeness (QED) is 0.840. The number of anilines is 1. The van der Waals surface area contributed by atoms with Crippen LogP contribution in [-0.4, -0.2) is 17.6 Å². The highest BCUT2D eigenvalue weighted by atomic mass is 16.5. The molecular weight excluding hydrogens is 230 g/mol. The first-order valence-corrected chi connectivity index (χ1v) is 5.88. The van der Waals surface area contributed by atoms with Crippen LogP contribution in [0, 0.1) is 0 Å². The molecule has 2 heterocycles. The molecule has 1 aliphatic rings. The molecule has 5 heteroatoms. The van der Waals surface area contributed by atoms with Gasteiger partial charge in [-0.2, -0.15) is 0 Å². The van der Waals surface area contributed by atoms with Crippen LogP contribution in [0.25, 0.3) is 0 Å². The molecule has 0 fully saturated rings. The Morgan fingerprint density at radius 3 is 3.17 bits per heavy atom. The summed E-state index contributed by atoms with van der Waals surface area (Å²) in [5, 5.41) is 9.82. The van der Waals surface area contributed by atoms with Crippen LogP contribution in [0.4, 0.5) is 5.69 Å². The molecule has 0 aliphatic carbocycles. The van der Waals surface area contributed by atoms with Gasteiger partial charge in [-0.15, -0.1) is 0 Å². The smallest absolute Gasteiger partial charge is 0.277 e. The van der Waals surface area contributed by atoms with Crippen LogP contribution in [0.2, 0.25) is 0 Å². The Labute approximate surface area is 104 Å². The monoisotopic (exact) mass is 243 g/mol. The van der Waals surface area contributed by atoms with Crippen LogP contribution in [0.1, 0.15) is 21.6 Å². The maximum atomic E-state index is 11.9. The molecule has 0 atom stereocenters. The van der Waals surface area contributed by atoms with Crippen molar-refractivity contribution in [2.75, 3.05) is 11.9 Å². The van der Waals surface area contributed by atoms with Gasteiger partial charge in [0.05, 0.1) is 0 Å². The van der Waals surface area contributed by atoms with Crippen LogP contribution in [-0.2, 0) is 13.0 Å². The van der Waals surface area contributed by atoms with E-state index in [1.54, 1.807) is 6.07 Å². The highest BCUT2D eigenvalue weighted by Crippen LogP contribution is 2.23. The highest BCUT2D eigenvalue weighted by Gasteiger charge is 2.15. The third-order valence-corrected chi connectivity index (χ3v) is 3.06. The first-order valence-electron chi connectivity index (χ1n) is 5.88. The lowest BCUT2D eigenvalue weighted by atomic mass is 9.99. The fourth-order valence-corrected chi connectivity index (χ4v) is 2.17.